The second-order valence-electron chi connectivity index (χ2n) is 6.43. The molecule has 132 valence electrons. The van der Waals surface area contributed by atoms with Crippen LogP contribution in [0.2, 0.25) is 18.1 Å². The third-order valence-corrected chi connectivity index (χ3v) is 10.1. The average Bonchev–Trinajstić information content (AvgIpc) is 2.66. The molecular weight excluding hydrogens is 318 g/mol. The zero-order valence-electron chi connectivity index (χ0n) is 15.2. The van der Waals surface area contributed by atoms with Gasteiger partial charge in [-0.05, 0) is 43.1 Å². The molecule has 0 bridgehead atoms. The van der Waals surface area contributed by atoms with Gasteiger partial charge in [0, 0.05) is 6.20 Å². The van der Waals surface area contributed by atoms with Crippen molar-refractivity contribution in [2.75, 3.05) is 7.11 Å². The summed E-state index contributed by atoms with van der Waals surface area (Å²) in [5, 5.41) is 0. The summed E-state index contributed by atoms with van der Waals surface area (Å²) < 4.78 is 11.9. The van der Waals surface area contributed by atoms with Crippen LogP contribution in [0.5, 0.6) is 0 Å². The monoisotopic (exact) mass is 347 g/mol. The number of methoxy groups -OCH3 is 1. The number of nitrogens with zero attached hydrogens (tertiary/aromatic N) is 1. The topological polar surface area (TPSA) is 48.4 Å². The SMILES string of the molecule is CC[Si](CC)(CC)OC1C=CCC[C@@]1(C(=O)OC)c1ccccn1. The van der Waals surface area contributed by atoms with Crippen molar-refractivity contribution in [3.05, 3.63) is 42.2 Å². The van der Waals surface area contributed by atoms with Crippen LogP contribution in [0.1, 0.15) is 39.3 Å². The molecule has 0 radical (unpaired) electrons. The van der Waals surface area contributed by atoms with Gasteiger partial charge in [-0.25, -0.2) is 0 Å². The Labute approximate surface area is 146 Å². The first-order chi connectivity index (χ1) is 11.6. The molecule has 1 aromatic rings. The van der Waals surface area contributed by atoms with Crippen LogP contribution in [-0.2, 0) is 19.4 Å². The van der Waals surface area contributed by atoms with Crippen LogP contribution in [0.4, 0.5) is 0 Å². The smallest absolute Gasteiger partial charge is 0.320 e. The number of ether oxygens (including phenoxy) is 1. The Morgan fingerprint density at radius 1 is 1.29 bits per heavy atom. The van der Waals surface area contributed by atoms with Crippen LogP contribution in [0, 0.1) is 0 Å². The average molecular weight is 348 g/mol. The molecule has 2 rings (SSSR count). The van der Waals surface area contributed by atoms with E-state index in [0.717, 1.165) is 30.2 Å². The van der Waals surface area contributed by atoms with E-state index < -0.39 is 13.7 Å². The van der Waals surface area contributed by atoms with Crippen molar-refractivity contribution in [2.45, 2.75) is 63.3 Å². The second kappa shape index (κ2) is 8.08. The zero-order chi connectivity index (χ0) is 17.6. The molecule has 4 nitrogen and oxygen atoms in total. The van der Waals surface area contributed by atoms with Gasteiger partial charge >= 0.3 is 5.97 Å². The Hall–Kier alpha value is -1.46. The van der Waals surface area contributed by atoms with Crippen LogP contribution >= 0.6 is 0 Å². The lowest BCUT2D eigenvalue weighted by Crippen LogP contribution is -2.54. The largest absolute Gasteiger partial charge is 0.468 e. The van der Waals surface area contributed by atoms with Crippen molar-refractivity contribution in [3.8, 4) is 0 Å². The van der Waals surface area contributed by atoms with Crippen molar-refractivity contribution in [1.82, 2.24) is 4.98 Å². The van der Waals surface area contributed by atoms with Gasteiger partial charge in [-0.3, -0.25) is 9.78 Å². The summed E-state index contributed by atoms with van der Waals surface area (Å²) in [5.74, 6) is -0.248. The Balaban J connectivity index is 2.51. The van der Waals surface area contributed by atoms with Gasteiger partial charge in [0.05, 0.1) is 18.9 Å². The molecule has 1 heterocycles. The van der Waals surface area contributed by atoms with Crippen molar-refractivity contribution >= 4 is 14.3 Å². The molecule has 0 fully saturated rings. The van der Waals surface area contributed by atoms with Gasteiger partial charge in [-0.2, -0.15) is 0 Å². The number of esters is 1. The Bertz CT molecular complexity index is 563. The van der Waals surface area contributed by atoms with Crippen molar-refractivity contribution < 1.29 is 14.0 Å². The Morgan fingerprint density at radius 2 is 2.00 bits per heavy atom. The van der Waals surface area contributed by atoms with E-state index in [0.29, 0.717) is 6.42 Å². The van der Waals surface area contributed by atoms with Gasteiger partial charge in [-0.1, -0.05) is 39.0 Å². The summed E-state index contributed by atoms with van der Waals surface area (Å²) in [6, 6.07) is 8.84. The number of aromatic nitrogens is 1. The van der Waals surface area contributed by atoms with Crippen LogP contribution < -0.4 is 0 Å². The molecule has 5 heteroatoms. The summed E-state index contributed by atoms with van der Waals surface area (Å²) in [6.45, 7) is 6.60. The fourth-order valence-electron chi connectivity index (χ4n) is 3.65. The summed E-state index contributed by atoms with van der Waals surface area (Å²) in [6.07, 6.45) is 7.09. The van der Waals surface area contributed by atoms with Crippen LogP contribution in [-0.4, -0.2) is 32.5 Å². The maximum absolute atomic E-state index is 12.9. The molecule has 0 aliphatic heterocycles. The summed E-state index contributed by atoms with van der Waals surface area (Å²) in [7, 11) is -0.421. The molecule has 1 aliphatic rings. The molecule has 0 saturated carbocycles. The Kier molecular flexibility index (Phi) is 6.35. The van der Waals surface area contributed by atoms with E-state index in [1.54, 1.807) is 6.20 Å². The van der Waals surface area contributed by atoms with Gasteiger partial charge in [0.1, 0.15) is 5.41 Å². The van der Waals surface area contributed by atoms with E-state index >= 15 is 0 Å². The molecular formula is C19H29NO3Si. The fourth-order valence-corrected chi connectivity index (χ4v) is 6.47. The number of allylic oxidation sites excluding steroid dienone is 1. The minimum Gasteiger partial charge on any atom is -0.468 e. The first-order valence-corrected chi connectivity index (χ1v) is 11.5. The lowest BCUT2D eigenvalue weighted by Gasteiger charge is -2.43. The molecule has 0 spiro atoms. The number of carbonyl (C=O) groups is 1. The van der Waals surface area contributed by atoms with Crippen molar-refractivity contribution in [1.29, 1.82) is 0 Å². The lowest BCUT2D eigenvalue weighted by molar-refractivity contribution is -0.151. The number of hydrogen-bond donors (Lipinski definition) is 0. The highest BCUT2D eigenvalue weighted by Crippen LogP contribution is 2.41. The van der Waals surface area contributed by atoms with Gasteiger partial charge < -0.3 is 9.16 Å². The van der Waals surface area contributed by atoms with E-state index in [1.165, 1.54) is 7.11 Å². The van der Waals surface area contributed by atoms with E-state index in [-0.39, 0.29) is 12.1 Å². The van der Waals surface area contributed by atoms with E-state index in [2.05, 4.69) is 37.9 Å². The quantitative estimate of drug-likeness (QED) is 0.421. The summed E-state index contributed by atoms with van der Waals surface area (Å²) in [4.78, 5) is 17.4. The van der Waals surface area contributed by atoms with Crippen LogP contribution in [0.3, 0.4) is 0 Å². The summed E-state index contributed by atoms with van der Waals surface area (Å²) in [5.41, 5.74) is -0.0971. The Morgan fingerprint density at radius 3 is 2.54 bits per heavy atom. The first kappa shape index (κ1) is 18.9. The first-order valence-electron chi connectivity index (χ1n) is 8.93. The lowest BCUT2D eigenvalue weighted by atomic mass is 9.72. The zero-order valence-corrected chi connectivity index (χ0v) is 16.2. The highest BCUT2D eigenvalue weighted by molar-refractivity contribution is 6.73. The maximum atomic E-state index is 12.9. The van der Waals surface area contributed by atoms with E-state index in [4.69, 9.17) is 9.16 Å². The highest BCUT2D eigenvalue weighted by atomic mass is 28.4. The molecule has 0 saturated heterocycles. The van der Waals surface area contributed by atoms with Crippen LogP contribution in [0.25, 0.3) is 0 Å². The van der Waals surface area contributed by atoms with E-state index in [9.17, 15) is 4.79 Å². The predicted octanol–water partition coefficient (Wildman–Crippen LogP) is 4.23. The molecule has 1 unspecified atom stereocenters. The van der Waals surface area contributed by atoms with Crippen molar-refractivity contribution in [2.24, 2.45) is 0 Å². The number of hydrogen-bond acceptors (Lipinski definition) is 4. The molecule has 2 atom stereocenters. The molecule has 24 heavy (non-hydrogen) atoms. The molecule has 0 aromatic carbocycles. The highest BCUT2D eigenvalue weighted by Gasteiger charge is 2.52. The van der Waals surface area contributed by atoms with Crippen LogP contribution in [0.15, 0.2) is 36.5 Å². The van der Waals surface area contributed by atoms with Gasteiger partial charge in [0.2, 0.25) is 0 Å². The maximum Gasteiger partial charge on any atom is 0.320 e. The van der Waals surface area contributed by atoms with E-state index in [1.807, 2.05) is 18.2 Å². The standard InChI is InChI=1S/C19H29NO3Si/c1-5-24(6-2,7-3)23-17-13-8-10-14-19(17,18(21)22-4)16-12-9-11-15-20-16/h8-9,11-13,15,17H,5-7,10,14H2,1-4H3/t17?,19-/m1/s1. The third kappa shape index (κ3) is 3.33. The summed E-state index contributed by atoms with van der Waals surface area (Å²) >= 11 is 0. The second-order valence-corrected chi connectivity index (χ2v) is 11.1. The van der Waals surface area contributed by atoms with Gasteiger partial charge in [-0.15, -0.1) is 0 Å². The predicted molar refractivity (Wildman–Crippen MR) is 98.4 cm³/mol. The molecule has 0 amide bonds. The van der Waals surface area contributed by atoms with Gasteiger partial charge in [0.15, 0.2) is 8.32 Å². The minimum absolute atomic E-state index is 0.248. The van der Waals surface area contributed by atoms with Crippen molar-refractivity contribution in [3.63, 3.8) is 0 Å². The number of rotatable bonds is 7. The number of carbonyl (C=O) groups excluding carboxylic acids is 1. The number of pyridine rings is 1. The minimum atomic E-state index is -1.87. The third-order valence-electron chi connectivity index (χ3n) is 5.48. The fraction of sp³-hybridized carbons (Fsp3) is 0.579. The molecule has 0 N–H and O–H groups in total. The molecule has 1 aliphatic carbocycles. The normalized spacial score (nSPS) is 23.9. The van der Waals surface area contributed by atoms with Gasteiger partial charge in [0.25, 0.3) is 0 Å². The molecule has 1 aromatic heterocycles.